The highest BCUT2D eigenvalue weighted by Gasteiger charge is 2.16. The van der Waals surface area contributed by atoms with Crippen molar-refractivity contribution in [2.45, 2.75) is 26.4 Å². The van der Waals surface area contributed by atoms with Crippen LogP contribution in [0.25, 0.3) is 0 Å². The summed E-state index contributed by atoms with van der Waals surface area (Å²) in [6.45, 7) is 11.0. The second-order valence-electron chi connectivity index (χ2n) is 7.55. The van der Waals surface area contributed by atoms with Crippen LogP contribution in [0.15, 0.2) is 48.5 Å². The van der Waals surface area contributed by atoms with Crippen molar-refractivity contribution in [3.05, 3.63) is 59.9 Å². The topological polar surface area (TPSA) is 24.9 Å². The number of ether oxygens (including phenoxy) is 2. The van der Waals surface area contributed by atoms with Gasteiger partial charge in [0.2, 0.25) is 0 Å². The average molecular weight is 387 g/mol. The monoisotopic (exact) mass is 386 g/mol. The summed E-state index contributed by atoms with van der Waals surface area (Å²) < 4.78 is 24.3. The zero-order valence-corrected chi connectivity index (χ0v) is 16.9. The summed E-state index contributed by atoms with van der Waals surface area (Å²) in [5, 5.41) is 0. The predicted molar refractivity (Wildman–Crippen MR) is 111 cm³/mol. The third-order valence-electron chi connectivity index (χ3n) is 4.97. The molecule has 28 heavy (non-hydrogen) atoms. The first-order valence-corrected chi connectivity index (χ1v) is 10.2. The number of halogens is 1. The maximum Gasteiger partial charge on any atom is 0.123 e. The van der Waals surface area contributed by atoms with Crippen molar-refractivity contribution in [1.82, 2.24) is 9.80 Å². The molecule has 0 atom stereocenters. The molecular weight excluding hydrogens is 355 g/mol. The molecule has 0 bridgehead atoms. The van der Waals surface area contributed by atoms with E-state index in [-0.39, 0.29) is 11.9 Å². The lowest BCUT2D eigenvalue weighted by Crippen LogP contribution is -2.47. The average Bonchev–Trinajstić information content (AvgIpc) is 2.69. The van der Waals surface area contributed by atoms with Crippen LogP contribution in [-0.2, 0) is 6.42 Å². The second kappa shape index (κ2) is 10.4. The molecule has 2 aromatic rings. The molecule has 1 heterocycles. The minimum absolute atomic E-state index is 0.211. The molecule has 5 heteroatoms. The van der Waals surface area contributed by atoms with Crippen molar-refractivity contribution in [3.8, 4) is 11.5 Å². The number of nitrogens with zero attached hydrogens (tertiary/aromatic N) is 2. The molecule has 1 aliphatic heterocycles. The Kier molecular flexibility index (Phi) is 7.69. The molecule has 2 aromatic carbocycles. The van der Waals surface area contributed by atoms with Crippen molar-refractivity contribution in [2.24, 2.45) is 0 Å². The summed E-state index contributed by atoms with van der Waals surface area (Å²) in [4.78, 5) is 4.95. The molecule has 0 amide bonds. The molecule has 0 spiro atoms. The van der Waals surface area contributed by atoms with Gasteiger partial charge in [0.15, 0.2) is 0 Å². The summed E-state index contributed by atoms with van der Waals surface area (Å²) in [6, 6.07) is 14.7. The van der Waals surface area contributed by atoms with Gasteiger partial charge in [-0.1, -0.05) is 12.1 Å². The van der Waals surface area contributed by atoms with Crippen molar-refractivity contribution in [1.29, 1.82) is 0 Å². The Morgan fingerprint density at radius 2 is 1.39 bits per heavy atom. The molecule has 0 aromatic heterocycles. The number of hydrogen-bond acceptors (Lipinski definition) is 4. The summed E-state index contributed by atoms with van der Waals surface area (Å²) in [6.07, 6.45) is 1.28. The highest BCUT2D eigenvalue weighted by atomic mass is 19.1. The molecule has 0 unspecified atom stereocenters. The van der Waals surface area contributed by atoms with Crippen LogP contribution in [0.4, 0.5) is 4.39 Å². The fourth-order valence-corrected chi connectivity index (χ4v) is 3.35. The molecule has 1 aliphatic rings. The van der Waals surface area contributed by atoms with Gasteiger partial charge in [0.1, 0.15) is 23.9 Å². The minimum Gasteiger partial charge on any atom is -0.492 e. The summed E-state index contributed by atoms with van der Waals surface area (Å²) in [5.74, 6) is 1.43. The van der Waals surface area contributed by atoms with Gasteiger partial charge < -0.3 is 14.4 Å². The van der Waals surface area contributed by atoms with Crippen LogP contribution in [-0.4, -0.2) is 61.8 Å². The Labute approximate surface area is 167 Å². The van der Waals surface area contributed by atoms with Gasteiger partial charge >= 0.3 is 0 Å². The SMILES string of the molecule is CC(C)Oc1ccc(CCN2CCN(CCOc3ccc(F)cc3)CC2)cc1. The van der Waals surface area contributed by atoms with E-state index in [0.29, 0.717) is 6.61 Å². The molecule has 0 saturated carbocycles. The number of piperazine rings is 1. The van der Waals surface area contributed by atoms with Gasteiger partial charge in [-0.25, -0.2) is 4.39 Å². The van der Waals surface area contributed by atoms with Gasteiger partial charge in [0, 0.05) is 39.3 Å². The summed E-state index contributed by atoms with van der Waals surface area (Å²) in [5.41, 5.74) is 1.35. The molecule has 0 radical (unpaired) electrons. The van der Waals surface area contributed by atoms with Crippen molar-refractivity contribution < 1.29 is 13.9 Å². The third-order valence-corrected chi connectivity index (χ3v) is 4.97. The Balaban J connectivity index is 1.31. The molecule has 0 N–H and O–H groups in total. The van der Waals surface area contributed by atoms with E-state index in [1.165, 1.54) is 17.7 Å². The zero-order valence-electron chi connectivity index (χ0n) is 16.9. The fourth-order valence-electron chi connectivity index (χ4n) is 3.35. The van der Waals surface area contributed by atoms with Crippen molar-refractivity contribution in [2.75, 3.05) is 45.9 Å². The standard InChI is InChI=1S/C23H31FN2O2/c1-19(2)28-23-7-3-20(4-8-23)11-12-25-13-15-26(16-14-25)17-18-27-22-9-5-21(24)6-10-22/h3-10,19H,11-18H2,1-2H3. The molecule has 152 valence electrons. The van der Waals surface area contributed by atoms with Crippen LogP contribution < -0.4 is 9.47 Å². The predicted octanol–water partition coefficient (Wildman–Crippen LogP) is 3.85. The zero-order chi connectivity index (χ0) is 19.8. The first-order valence-electron chi connectivity index (χ1n) is 10.2. The minimum atomic E-state index is -0.233. The Morgan fingerprint density at radius 1 is 0.821 bits per heavy atom. The van der Waals surface area contributed by atoms with Gasteiger partial charge in [-0.2, -0.15) is 0 Å². The first kappa shape index (κ1) is 20.6. The number of rotatable bonds is 9. The van der Waals surface area contributed by atoms with E-state index in [1.807, 2.05) is 13.8 Å². The van der Waals surface area contributed by atoms with Crippen LogP contribution in [0.2, 0.25) is 0 Å². The molecular formula is C23H31FN2O2. The maximum atomic E-state index is 12.9. The lowest BCUT2D eigenvalue weighted by Gasteiger charge is -2.34. The Bertz CT molecular complexity index is 696. The smallest absolute Gasteiger partial charge is 0.123 e. The normalized spacial score (nSPS) is 15.7. The van der Waals surface area contributed by atoms with Gasteiger partial charge in [-0.3, -0.25) is 4.90 Å². The highest BCUT2D eigenvalue weighted by molar-refractivity contribution is 5.27. The Hall–Kier alpha value is -2.11. The highest BCUT2D eigenvalue weighted by Crippen LogP contribution is 2.15. The van der Waals surface area contributed by atoms with E-state index in [0.717, 1.165) is 57.2 Å². The van der Waals surface area contributed by atoms with Crippen molar-refractivity contribution in [3.63, 3.8) is 0 Å². The van der Waals surface area contributed by atoms with Crippen LogP contribution in [0, 0.1) is 5.82 Å². The molecule has 4 nitrogen and oxygen atoms in total. The van der Waals surface area contributed by atoms with E-state index in [4.69, 9.17) is 9.47 Å². The second-order valence-corrected chi connectivity index (χ2v) is 7.55. The lowest BCUT2D eigenvalue weighted by atomic mass is 10.1. The number of benzene rings is 2. The van der Waals surface area contributed by atoms with E-state index in [1.54, 1.807) is 12.1 Å². The fraction of sp³-hybridized carbons (Fsp3) is 0.478. The molecule has 0 aliphatic carbocycles. The van der Waals surface area contributed by atoms with E-state index in [9.17, 15) is 4.39 Å². The number of hydrogen-bond donors (Lipinski definition) is 0. The van der Waals surface area contributed by atoms with E-state index < -0.39 is 0 Å². The van der Waals surface area contributed by atoms with Gasteiger partial charge in [0.25, 0.3) is 0 Å². The van der Waals surface area contributed by atoms with Crippen LogP contribution in [0.1, 0.15) is 19.4 Å². The van der Waals surface area contributed by atoms with E-state index >= 15 is 0 Å². The van der Waals surface area contributed by atoms with Crippen LogP contribution >= 0.6 is 0 Å². The molecule has 1 fully saturated rings. The van der Waals surface area contributed by atoms with Gasteiger partial charge in [-0.05, 0) is 62.2 Å². The lowest BCUT2D eigenvalue weighted by molar-refractivity contribution is 0.118. The molecule has 3 rings (SSSR count). The maximum absolute atomic E-state index is 12.9. The summed E-state index contributed by atoms with van der Waals surface area (Å²) >= 11 is 0. The van der Waals surface area contributed by atoms with Gasteiger partial charge in [0.05, 0.1) is 6.10 Å². The quantitative estimate of drug-likeness (QED) is 0.654. The van der Waals surface area contributed by atoms with Crippen LogP contribution in [0.5, 0.6) is 11.5 Å². The summed E-state index contributed by atoms with van der Waals surface area (Å²) in [7, 11) is 0. The van der Waals surface area contributed by atoms with Crippen molar-refractivity contribution >= 4 is 0 Å². The first-order chi connectivity index (χ1) is 13.6. The largest absolute Gasteiger partial charge is 0.492 e. The van der Waals surface area contributed by atoms with Gasteiger partial charge in [-0.15, -0.1) is 0 Å². The van der Waals surface area contributed by atoms with E-state index in [2.05, 4.69) is 34.1 Å². The third kappa shape index (κ3) is 6.80. The van der Waals surface area contributed by atoms with Crippen LogP contribution in [0.3, 0.4) is 0 Å². The molecule has 1 saturated heterocycles. The Morgan fingerprint density at radius 3 is 2.00 bits per heavy atom.